The molecule has 2 rings (SSSR count). The van der Waals surface area contributed by atoms with Crippen molar-refractivity contribution < 1.29 is 0 Å². The molecule has 2 aromatic heterocycles. The first kappa shape index (κ1) is 7.88. The van der Waals surface area contributed by atoms with Crippen LogP contribution in [0, 0.1) is 18.3 Å². The molecule has 2 aromatic rings. The molecule has 0 bridgehead atoms. The van der Waals surface area contributed by atoms with Gasteiger partial charge in [0.15, 0.2) is 0 Å². The van der Waals surface area contributed by atoms with Crippen molar-refractivity contribution in [1.82, 2.24) is 4.40 Å². The second kappa shape index (κ2) is 2.95. The zero-order valence-corrected chi connectivity index (χ0v) is 7.49. The van der Waals surface area contributed by atoms with Crippen LogP contribution in [0.1, 0.15) is 11.3 Å². The van der Waals surface area contributed by atoms with Crippen LogP contribution in [-0.4, -0.2) is 4.40 Å². The summed E-state index contributed by atoms with van der Waals surface area (Å²) in [6.45, 7) is 2.04. The first-order valence-electron chi connectivity index (χ1n) is 4.25. The molecule has 0 saturated carbocycles. The number of rotatable bonds is 1. The van der Waals surface area contributed by atoms with Gasteiger partial charge < -0.3 is 4.40 Å². The number of hydrogen-bond acceptors (Lipinski definition) is 1. The number of aromatic nitrogens is 1. The van der Waals surface area contributed by atoms with Crippen molar-refractivity contribution in [3.05, 3.63) is 41.7 Å². The van der Waals surface area contributed by atoms with Crippen LogP contribution in [0.3, 0.4) is 0 Å². The summed E-state index contributed by atoms with van der Waals surface area (Å²) >= 11 is 0. The minimum absolute atomic E-state index is 0.476. The molecule has 0 aliphatic carbocycles. The Bertz CT molecular complexity index is 474. The molecule has 2 heterocycles. The molecular formula is C11H10N2. The summed E-state index contributed by atoms with van der Waals surface area (Å²) in [5.41, 5.74) is 3.44. The Labute approximate surface area is 77.0 Å². The van der Waals surface area contributed by atoms with E-state index in [1.807, 2.05) is 31.3 Å². The summed E-state index contributed by atoms with van der Waals surface area (Å²) < 4.78 is 2.07. The van der Waals surface area contributed by atoms with Crippen LogP contribution in [0.2, 0.25) is 0 Å². The average molecular weight is 170 g/mol. The number of hydrogen-bond donors (Lipinski definition) is 0. The van der Waals surface area contributed by atoms with Crippen molar-refractivity contribution in [2.75, 3.05) is 0 Å². The topological polar surface area (TPSA) is 28.2 Å². The Morgan fingerprint density at radius 3 is 3.08 bits per heavy atom. The average Bonchev–Trinajstić information content (AvgIpc) is 2.44. The Morgan fingerprint density at radius 1 is 1.46 bits per heavy atom. The van der Waals surface area contributed by atoms with E-state index in [1.54, 1.807) is 0 Å². The summed E-state index contributed by atoms with van der Waals surface area (Å²) in [5, 5.41) is 8.66. The molecule has 0 aliphatic rings. The monoisotopic (exact) mass is 170 g/mol. The minimum atomic E-state index is 0.476. The molecule has 0 atom stereocenters. The number of nitriles is 1. The summed E-state index contributed by atoms with van der Waals surface area (Å²) in [7, 11) is 0. The molecular weight excluding hydrogens is 160 g/mol. The van der Waals surface area contributed by atoms with Crippen molar-refractivity contribution in [2.24, 2.45) is 0 Å². The maximum atomic E-state index is 8.66. The van der Waals surface area contributed by atoms with Crippen LogP contribution in [0.15, 0.2) is 30.5 Å². The predicted molar refractivity (Wildman–Crippen MR) is 51.5 cm³/mol. The SMILES string of the molecule is Cc1cc2ccccn2c1CC#N. The lowest BCUT2D eigenvalue weighted by Gasteiger charge is -1.98. The highest BCUT2D eigenvalue weighted by Crippen LogP contribution is 2.15. The van der Waals surface area contributed by atoms with Crippen LogP contribution in [0.25, 0.3) is 5.52 Å². The van der Waals surface area contributed by atoms with Gasteiger partial charge in [0.2, 0.25) is 0 Å². The zero-order valence-electron chi connectivity index (χ0n) is 7.49. The van der Waals surface area contributed by atoms with Crippen LogP contribution in [0.5, 0.6) is 0 Å². The molecule has 0 radical (unpaired) electrons. The molecule has 0 amide bonds. The quantitative estimate of drug-likeness (QED) is 0.645. The summed E-state index contributed by atoms with van der Waals surface area (Å²) in [4.78, 5) is 0. The normalized spacial score (nSPS) is 10.2. The fourth-order valence-corrected chi connectivity index (χ4v) is 1.61. The highest BCUT2D eigenvalue weighted by molar-refractivity contribution is 5.53. The lowest BCUT2D eigenvalue weighted by molar-refractivity contribution is 1.04. The first-order chi connectivity index (χ1) is 6.33. The number of pyridine rings is 1. The van der Waals surface area contributed by atoms with Gasteiger partial charge in [0.25, 0.3) is 0 Å². The fourth-order valence-electron chi connectivity index (χ4n) is 1.61. The van der Waals surface area contributed by atoms with Crippen molar-refractivity contribution >= 4 is 5.52 Å². The Kier molecular flexibility index (Phi) is 1.79. The Hall–Kier alpha value is -1.75. The largest absolute Gasteiger partial charge is 0.320 e. The van der Waals surface area contributed by atoms with Gasteiger partial charge in [-0.05, 0) is 30.7 Å². The van der Waals surface area contributed by atoms with E-state index in [0.29, 0.717) is 6.42 Å². The summed E-state index contributed by atoms with van der Waals surface area (Å²) in [5.74, 6) is 0. The lowest BCUT2D eigenvalue weighted by Crippen LogP contribution is -1.91. The minimum Gasteiger partial charge on any atom is -0.320 e. The molecule has 0 fully saturated rings. The van der Waals surface area contributed by atoms with E-state index in [0.717, 1.165) is 11.2 Å². The maximum absolute atomic E-state index is 8.66. The number of aryl methyl sites for hydroxylation is 1. The van der Waals surface area contributed by atoms with Gasteiger partial charge in [0, 0.05) is 17.4 Å². The molecule has 2 heteroatoms. The van der Waals surface area contributed by atoms with E-state index < -0.39 is 0 Å². The standard InChI is InChI=1S/C11H10N2/c1-9-8-10-4-2-3-7-13(10)11(9)5-6-12/h2-4,7-8H,5H2,1H3. The highest BCUT2D eigenvalue weighted by Gasteiger charge is 2.04. The predicted octanol–water partition coefficient (Wildman–Crippen LogP) is 2.31. The van der Waals surface area contributed by atoms with Crippen LogP contribution in [0.4, 0.5) is 0 Å². The van der Waals surface area contributed by atoms with E-state index in [2.05, 4.69) is 16.5 Å². The molecule has 0 aromatic carbocycles. The summed E-state index contributed by atoms with van der Waals surface area (Å²) in [6.07, 6.45) is 2.47. The van der Waals surface area contributed by atoms with Gasteiger partial charge in [-0.2, -0.15) is 5.26 Å². The summed E-state index contributed by atoms with van der Waals surface area (Å²) in [6, 6.07) is 10.3. The van der Waals surface area contributed by atoms with Gasteiger partial charge in [-0.25, -0.2) is 0 Å². The highest BCUT2D eigenvalue weighted by atomic mass is 14.9. The second-order valence-electron chi connectivity index (χ2n) is 3.10. The van der Waals surface area contributed by atoms with Crippen LogP contribution >= 0.6 is 0 Å². The second-order valence-corrected chi connectivity index (χ2v) is 3.10. The molecule has 0 saturated heterocycles. The Balaban J connectivity index is 2.73. The molecule has 64 valence electrons. The van der Waals surface area contributed by atoms with Gasteiger partial charge in [-0.3, -0.25) is 0 Å². The third-order valence-corrected chi connectivity index (χ3v) is 2.25. The van der Waals surface area contributed by atoms with Gasteiger partial charge in [-0.1, -0.05) is 6.07 Å². The molecule has 0 aliphatic heterocycles. The van der Waals surface area contributed by atoms with E-state index in [-0.39, 0.29) is 0 Å². The lowest BCUT2D eigenvalue weighted by atomic mass is 10.2. The maximum Gasteiger partial charge on any atom is 0.0760 e. The van der Waals surface area contributed by atoms with Crippen molar-refractivity contribution in [3.8, 4) is 6.07 Å². The van der Waals surface area contributed by atoms with E-state index >= 15 is 0 Å². The van der Waals surface area contributed by atoms with Gasteiger partial charge in [0.1, 0.15) is 0 Å². The van der Waals surface area contributed by atoms with E-state index in [4.69, 9.17) is 5.26 Å². The molecule has 0 spiro atoms. The first-order valence-corrected chi connectivity index (χ1v) is 4.25. The van der Waals surface area contributed by atoms with Crippen LogP contribution < -0.4 is 0 Å². The third-order valence-electron chi connectivity index (χ3n) is 2.25. The van der Waals surface area contributed by atoms with E-state index in [1.165, 1.54) is 5.56 Å². The fraction of sp³-hybridized carbons (Fsp3) is 0.182. The number of nitrogens with zero attached hydrogens (tertiary/aromatic N) is 2. The molecule has 2 nitrogen and oxygen atoms in total. The van der Waals surface area contributed by atoms with Crippen LogP contribution in [-0.2, 0) is 6.42 Å². The van der Waals surface area contributed by atoms with Crippen molar-refractivity contribution in [2.45, 2.75) is 13.3 Å². The molecule has 13 heavy (non-hydrogen) atoms. The van der Waals surface area contributed by atoms with E-state index in [9.17, 15) is 0 Å². The molecule has 0 N–H and O–H groups in total. The zero-order chi connectivity index (χ0) is 9.26. The van der Waals surface area contributed by atoms with Gasteiger partial charge in [-0.15, -0.1) is 0 Å². The smallest absolute Gasteiger partial charge is 0.0760 e. The van der Waals surface area contributed by atoms with Crippen molar-refractivity contribution in [1.29, 1.82) is 5.26 Å². The Morgan fingerprint density at radius 2 is 2.31 bits per heavy atom. The van der Waals surface area contributed by atoms with Gasteiger partial charge >= 0.3 is 0 Å². The third kappa shape index (κ3) is 1.19. The number of fused-ring (bicyclic) bond motifs is 1. The van der Waals surface area contributed by atoms with Gasteiger partial charge in [0.05, 0.1) is 12.5 Å². The van der Waals surface area contributed by atoms with Crippen molar-refractivity contribution in [3.63, 3.8) is 0 Å². The molecule has 0 unspecified atom stereocenters.